The summed E-state index contributed by atoms with van der Waals surface area (Å²) in [5, 5.41) is 9.54. The average molecular weight is 366 g/mol. The Hall–Kier alpha value is -1.53. The molecule has 2 rings (SSSR count). The van der Waals surface area contributed by atoms with Crippen molar-refractivity contribution < 1.29 is 19.1 Å². The molecule has 140 valence electrons. The number of hydrogen-bond acceptors (Lipinski definition) is 4. The molecule has 0 atom stereocenters. The maximum absolute atomic E-state index is 11.5. The third kappa shape index (κ3) is 4.01. The number of carbonyl (C=O) groups is 1. The molecule has 1 aliphatic carbocycles. The van der Waals surface area contributed by atoms with E-state index in [1.807, 2.05) is 30.1 Å². The largest absolute Gasteiger partial charge is 0.541 e. The molecule has 0 aliphatic heterocycles. The summed E-state index contributed by atoms with van der Waals surface area (Å²) >= 11 is 0. The summed E-state index contributed by atoms with van der Waals surface area (Å²) in [5.74, 6) is 0.733. The lowest BCUT2D eigenvalue weighted by Gasteiger charge is -2.37. The van der Waals surface area contributed by atoms with Crippen molar-refractivity contribution in [1.29, 1.82) is 0 Å². The van der Waals surface area contributed by atoms with E-state index in [1.54, 1.807) is 7.11 Å². The van der Waals surface area contributed by atoms with Gasteiger partial charge in [0.05, 0.1) is 7.11 Å². The highest BCUT2D eigenvalue weighted by Gasteiger charge is 2.53. The van der Waals surface area contributed by atoms with Crippen LogP contribution in [0.2, 0.25) is 18.1 Å². The minimum absolute atomic E-state index is 0.0895. The Labute approximate surface area is 152 Å². The number of carboxylic acid groups (broad SMARTS) is 1. The van der Waals surface area contributed by atoms with E-state index < -0.39 is 19.8 Å². The van der Waals surface area contributed by atoms with Gasteiger partial charge in [0, 0.05) is 6.54 Å². The van der Waals surface area contributed by atoms with Gasteiger partial charge in [-0.1, -0.05) is 26.8 Å². The van der Waals surface area contributed by atoms with E-state index >= 15 is 0 Å². The number of ether oxygens (including phenoxy) is 1. The highest BCUT2D eigenvalue weighted by atomic mass is 28.4. The van der Waals surface area contributed by atoms with Crippen molar-refractivity contribution in [3.8, 4) is 11.5 Å². The van der Waals surface area contributed by atoms with Crippen LogP contribution in [0.4, 0.5) is 0 Å². The van der Waals surface area contributed by atoms with E-state index in [0.29, 0.717) is 19.4 Å². The van der Waals surface area contributed by atoms with Gasteiger partial charge in [-0.05, 0) is 55.7 Å². The minimum atomic E-state index is -1.99. The lowest BCUT2D eigenvalue weighted by atomic mass is 10.1. The molecule has 25 heavy (non-hydrogen) atoms. The fourth-order valence-corrected chi connectivity index (χ4v) is 3.65. The lowest BCUT2D eigenvalue weighted by Crippen LogP contribution is -2.44. The monoisotopic (exact) mass is 365 g/mol. The van der Waals surface area contributed by atoms with Crippen LogP contribution >= 0.6 is 0 Å². The number of aliphatic carboxylic acids is 1. The van der Waals surface area contributed by atoms with Crippen LogP contribution in [0.25, 0.3) is 0 Å². The highest BCUT2D eigenvalue weighted by Crippen LogP contribution is 2.43. The molecule has 5 nitrogen and oxygen atoms in total. The summed E-state index contributed by atoms with van der Waals surface area (Å²) in [6, 6.07) is 5.88. The molecule has 0 aromatic heterocycles. The first-order chi connectivity index (χ1) is 11.4. The molecule has 1 N–H and O–H groups in total. The first kappa shape index (κ1) is 19.8. The summed E-state index contributed by atoms with van der Waals surface area (Å²) in [4.78, 5) is 13.4. The van der Waals surface area contributed by atoms with Crippen LogP contribution in [0, 0.1) is 0 Å². The van der Waals surface area contributed by atoms with Crippen LogP contribution in [0.5, 0.6) is 11.5 Å². The Morgan fingerprint density at radius 2 is 1.88 bits per heavy atom. The SMILES string of the molecule is COc1ccc(CN(C)C2(C(=O)O)CC2)cc1O[Si](C)(C)C(C)(C)C. The Kier molecular flexibility index (Phi) is 5.26. The third-order valence-electron chi connectivity index (χ3n) is 5.67. The van der Waals surface area contributed by atoms with Crippen molar-refractivity contribution >= 4 is 14.3 Å². The molecule has 6 heteroatoms. The molecule has 0 spiro atoms. The summed E-state index contributed by atoms with van der Waals surface area (Å²) in [6.45, 7) is 11.6. The molecule has 0 heterocycles. The molecule has 1 aromatic rings. The smallest absolute Gasteiger partial charge is 0.324 e. The number of carboxylic acids is 1. The number of rotatable bonds is 7. The molecular weight excluding hydrogens is 334 g/mol. The number of nitrogens with zero attached hydrogens (tertiary/aromatic N) is 1. The normalized spacial score (nSPS) is 16.6. The lowest BCUT2D eigenvalue weighted by molar-refractivity contribution is -0.144. The standard InChI is InChI=1S/C19H31NO4Si/c1-18(2,3)25(6,7)24-16-12-14(8-9-15(16)23-5)13-20(4)19(10-11-19)17(21)22/h8-9,12H,10-11,13H2,1-7H3,(H,21,22). The number of methoxy groups -OCH3 is 1. The van der Waals surface area contributed by atoms with Gasteiger partial charge >= 0.3 is 5.97 Å². The van der Waals surface area contributed by atoms with Crippen LogP contribution in [0.15, 0.2) is 18.2 Å². The van der Waals surface area contributed by atoms with Crippen LogP contribution in [-0.4, -0.2) is 44.0 Å². The Morgan fingerprint density at radius 1 is 1.28 bits per heavy atom. The summed E-state index contributed by atoms with van der Waals surface area (Å²) in [7, 11) is 1.53. The van der Waals surface area contributed by atoms with E-state index in [9.17, 15) is 9.90 Å². The quantitative estimate of drug-likeness (QED) is 0.736. The average Bonchev–Trinajstić information content (AvgIpc) is 3.27. The van der Waals surface area contributed by atoms with Gasteiger partial charge in [-0.3, -0.25) is 9.69 Å². The fourth-order valence-electron chi connectivity index (χ4n) is 2.63. The second-order valence-electron chi connectivity index (χ2n) is 8.54. The van der Waals surface area contributed by atoms with Gasteiger partial charge in [-0.25, -0.2) is 0 Å². The van der Waals surface area contributed by atoms with Crippen molar-refractivity contribution in [2.75, 3.05) is 14.2 Å². The Morgan fingerprint density at radius 3 is 2.32 bits per heavy atom. The summed E-state index contributed by atoms with van der Waals surface area (Å²) < 4.78 is 11.9. The number of hydrogen-bond donors (Lipinski definition) is 1. The molecule has 0 bridgehead atoms. The zero-order valence-corrected chi connectivity index (χ0v) is 17.5. The van der Waals surface area contributed by atoms with Crippen LogP contribution in [-0.2, 0) is 11.3 Å². The van der Waals surface area contributed by atoms with E-state index in [2.05, 4.69) is 33.9 Å². The second-order valence-corrected chi connectivity index (χ2v) is 13.3. The van der Waals surface area contributed by atoms with Crippen LogP contribution in [0.3, 0.4) is 0 Å². The van der Waals surface area contributed by atoms with Crippen molar-refractivity contribution in [3.63, 3.8) is 0 Å². The van der Waals surface area contributed by atoms with E-state index in [-0.39, 0.29) is 5.04 Å². The van der Waals surface area contributed by atoms with Gasteiger partial charge in [0.1, 0.15) is 11.3 Å². The van der Waals surface area contributed by atoms with Gasteiger partial charge in [-0.2, -0.15) is 0 Å². The van der Waals surface area contributed by atoms with Crippen molar-refractivity contribution in [1.82, 2.24) is 4.90 Å². The predicted molar refractivity (Wildman–Crippen MR) is 102 cm³/mol. The number of benzene rings is 1. The number of likely N-dealkylation sites (N-methyl/N-ethyl adjacent to an activating group) is 1. The topological polar surface area (TPSA) is 59.0 Å². The van der Waals surface area contributed by atoms with Crippen molar-refractivity contribution in [2.24, 2.45) is 0 Å². The molecule has 0 radical (unpaired) electrons. The fraction of sp³-hybridized carbons (Fsp3) is 0.632. The molecule has 1 saturated carbocycles. The van der Waals surface area contributed by atoms with Gasteiger partial charge in [-0.15, -0.1) is 0 Å². The minimum Gasteiger partial charge on any atom is -0.541 e. The second kappa shape index (κ2) is 6.65. The molecule has 0 unspecified atom stereocenters. The summed E-state index contributed by atoms with van der Waals surface area (Å²) in [6.07, 6.45) is 1.42. The molecular formula is C19H31NO4Si. The van der Waals surface area contributed by atoms with Gasteiger partial charge in [0.15, 0.2) is 5.75 Å². The predicted octanol–water partition coefficient (Wildman–Crippen LogP) is 4.13. The first-order valence-corrected chi connectivity index (χ1v) is 11.6. The third-order valence-corrected chi connectivity index (χ3v) is 10.0. The van der Waals surface area contributed by atoms with Crippen LogP contribution < -0.4 is 9.16 Å². The van der Waals surface area contributed by atoms with Crippen LogP contribution in [0.1, 0.15) is 39.2 Å². The zero-order valence-electron chi connectivity index (χ0n) is 16.5. The van der Waals surface area contributed by atoms with Gasteiger partial charge in [0.25, 0.3) is 8.32 Å². The van der Waals surface area contributed by atoms with Gasteiger partial charge < -0.3 is 14.3 Å². The molecule has 1 aromatic carbocycles. The van der Waals surface area contributed by atoms with E-state index in [4.69, 9.17) is 9.16 Å². The molecule has 1 aliphatic rings. The van der Waals surface area contributed by atoms with Gasteiger partial charge in [0.2, 0.25) is 0 Å². The maximum Gasteiger partial charge on any atom is 0.324 e. The summed E-state index contributed by atoms with van der Waals surface area (Å²) in [5.41, 5.74) is 0.338. The zero-order chi connectivity index (χ0) is 19.0. The Balaban J connectivity index is 2.24. The maximum atomic E-state index is 11.5. The molecule has 0 saturated heterocycles. The van der Waals surface area contributed by atoms with Crippen molar-refractivity contribution in [3.05, 3.63) is 23.8 Å². The Bertz CT molecular complexity index is 647. The van der Waals surface area contributed by atoms with E-state index in [0.717, 1.165) is 17.1 Å². The molecule has 1 fully saturated rings. The molecule has 0 amide bonds. The van der Waals surface area contributed by atoms with Crippen molar-refractivity contribution in [2.45, 2.75) is 63.8 Å². The first-order valence-electron chi connectivity index (χ1n) is 8.73. The van der Waals surface area contributed by atoms with E-state index in [1.165, 1.54) is 0 Å². The highest BCUT2D eigenvalue weighted by molar-refractivity contribution is 6.74.